The van der Waals surface area contributed by atoms with E-state index < -0.39 is 0 Å². The topological polar surface area (TPSA) is 52.0 Å². The Labute approximate surface area is 47.5 Å². The summed E-state index contributed by atoms with van der Waals surface area (Å²) in [6, 6.07) is 0. The van der Waals surface area contributed by atoms with Crippen LogP contribution in [0.1, 0.15) is 5.69 Å². The highest BCUT2D eigenvalue weighted by molar-refractivity contribution is 4.90. The van der Waals surface area contributed by atoms with Crippen LogP contribution in [0.4, 0.5) is 0 Å². The summed E-state index contributed by atoms with van der Waals surface area (Å²) in [6.07, 6.45) is 3.81. The first-order chi connectivity index (χ1) is 3.93. The molecule has 0 radical (unpaired) electrons. The van der Waals surface area contributed by atoms with E-state index in [-0.39, 0.29) is 0 Å². The van der Waals surface area contributed by atoms with Crippen molar-refractivity contribution >= 4 is 0 Å². The molecule has 0 amide bonds. The van der Waals surface area contributed by atoms with Crippen LogP contribution in [0.2, 0.25) is 0 Å². The lowest BCUT2D eigenvalue weighted by atomic mass is 10.3. The average Bonchev–Trinajstić information content (AvgIpc) is 2.19. The van der Waals surface area contributed by atoms with Crippen LogP contribution in [0.15, 0.2) is 17.1 Å². The first kappa shape index (κ1) is 5.31. The van der Waals surface area contributed by atoms with E-state index in [0.29, 0.717) is 6.54 Å². The van der Waals surface area contributed by atoms with Crippen LogP contribution in [-0.4, -0.2) is 11.5 Å². The van der Waals surface area contributed by atoms with Crippen molar-refractivity contribution in [2.24, 2.45) is 5.73 Å². The van der Waals surface area contributed by atoms with Gasteiger partial charge in [-0.1, -0.05) is 0 Å². The molecular weight excluding hydrogens is 104 g/mol. The summed E-state index contributed by atoms with van der Waals surface area (Å²) in [5.74, 6) is 0. The summed E-state index contributed by atoms with van der Waals surface area (Å²) in [5.41, 5.74) is 6.16. The van der Waals surface area contributed by atoms with E-state index in [0.717, 1.165) is 12.1 Å². The number of nitrogens with zero attached hydrogens (tertiary/aromatic N) is 1. The molecule has 1 heterocycles. The fourth-order valence-electron chi connectivity index (χ4n) is 0.509. The third-order valence-corrected chi connectivity index (χ3v) is 0.884. The van der Waals surface area contributed by atoms with E-state index >= 15 is 0 Å². The van der Waals surface area contributed by atoms with Gasteiger partial charge in [0, 0.05) is 6.42 Å². The van der Waals surface area contributed by atoms with Crippen LogP contribution in [0.3, 0.4) is 0 Å². The van der Waals surface area contributed by atoms with Gasteiger partial charge in [0.1, 0.15) is 6.26 Å². The van der Waals surface area contributed by atoms with E-state index in [2.05, 4.69) is 4.98 Å². The molecule has 0 unspecified atom stereocenters. The fourth-order valence-corrected chi connectivity index (χ4v) is 0.509. The van der Waals surface area contributed by atoms with Crippen molar-refractivity contribution in [3.05, 3.63) is 18.4 Å². The Hall–Kier alpha value is -0.830. The average molecular weight is 112 g/mol. The van der Waals surface area contributed by atoms with Gasteiger partial charge in [-0.3, -0.25) is 0 Å². The number of hydrogen-bond donors (Lipinski definition) is 1. The maximum atomic E-state index is 5.24. The van der Waals surface area contributed by atoms with Crippen molar-refractivity contribution in [2.45, 2.75) is 6.42 Å². The molecule has 0 spiro atoms. The van der Waals surface area contributed by atoms with Crippen LogP contribution in [0, 0.1) is 0 Å². The lowest BCUT2D eigenvalue weighted by molar-refractivity contribution is 0.556. The summed E-state index contributed by atoms with van der Waals surface area (Å²) in [5, 5.41) is 0. The van der Waals surface area contributed by atoms with E-state index in [1.807, 2.05) is 0 Å². The SMILES string of the molecule is NCCc1cocn1. The number of rotatable bonds is 2. The number of nitrogens with two attached hydrogens (primary N) is 1. The third-order valence-electron chi connectivity index (χ3n) is 0.884. The second-order valence-corrected chi connectivity index (χ2v) is 1.52. The van der Waals surface area contributed by atoms with Gasteiger partial charge in [-0.25, -0.2) is 4.98 Å². The summed E-state index contributed by atoms with van der Waals surface area (Å²) in [7, 11) is 0. The molecule has 0 aliphatic carbocycles. The highest BCUT2D eigenvalue weighted by atomic mass is 16.3. The van der Waals surface area contributed by atoms with Crippen LogP contribution < -0.4 is 5.73 Å². The second kappa shape index (κ2) is 2.47. The van der Waals surface area contributed by atoms with Gasteiger partial charge >= 0.3 is 0 Å². The molecule has 0 aromatic carbocycles. The van der Waals surface area contributed by atoms with Gasteiger partial charge in [0.05, 0.1) is 5.69 Å². The zero-order valence-corrected chi connectivity index (χ0v) is 4.50. The van der Waals surface area contributed by atoms with Gasteiger partial charge in [-0.2, -0.15) is 0 Å². The van der Waals surface area contributed by atoms with Crippen molar-refractivity contribution in [1.82, 2.24) is 4.98 Å². The maximum absolute atomic E-state index is 5.24. The zero-order chi connectivity index (χ0) is 5.82. The molecule has 3 heteroatoms. The molecule has 0 fully saturated rings. The minimum Gasteiger partial charge on any atom is -0.451 e. The molecular formula is C5H8N2O. The van der Waals surface area contributed by atoms with Gasteiger partial charge in [-0.05, 0) is 6.54 Å². The normalized spacial score (nSPS) is 9.62. The van der Waals surface area contributed by atoms with Crippen LogP contribution in [0.5, 0.6) is 0 Å². The molecule has 0 bridgehead atoms. The lowest BCUT2D eigenvalue weighted by Gasteiger charge is -1.83. The van der Waals surface area contributed by atoms with Gasteiger partial charge in [0.15, 0.2) is 6.39 Å². The standard InChI is InChI=1S/C5H8N2O/c6-2-1-5-3-8-4-7-5/h3-4H,1-2,6H2. The molecule has 3 nitrogen and oxygen atoms in total. The molecule has 44 valence electrons. The maximum Gasteiger partial charge on any atom is 0.180 e. The quantitative estimate of drug-likeness (QED) is 0.593. The van der Waals surface area contributed by atoms with Crippen molar-refractivity contribution in [1.29, 1.82) is 0 Å². The minimum atomic E-state index is 0.631. The predicted molar refractivity (Wildman–Crippen MR) is 29.3 cm³/mol. The summed E-state index contributed by atoms with van der Waals surface area (Å²) in [4.78, 5) is 3.86. The number of aromatic nitrogens is 1. The largest absolute Gasteiger partial charge is 0.451 e. The molecule has 0 saturated carbocycles. The second-order valence-electron chi connectivity index (χ2n) is 1.52. The Balaban J connectivity index is 2.50. The van der Waals surface area contributed by atoms with Crippen molar-refractivity contribution in [2.75, 3.05) is 6.54 Å². The first-order valence-electron chi connectivity index (χ1n) is 2.50. The third kappa shape index (κ3) is 1.07. The van der Waals surface area contributed by atoms with E-state index in [9.17, 15) is 0 Å². The van der Waals surface area contributed by atoms with Gasteiger partial charge < -0.3 is 10.2 Å². The minimum absolute atomic E-state index is 0.631. The Bertz CT molecular complexity index is 136. The molecule has 2 N–H and O–H groups in total. The van der Waals surface area contributed by atoms with E-state index in [1.54, 1.807) is 6.26 Å². The molecule has 1 rings (SSSR count). The van der Waals surface area contributed by atoms with E-state index in [1.165, 1.54) is 6.39 Å². The number of oxazole rings is 1. The van der Waals surface area contributed by atoms with Crippen molar-refractivity contribution in [3.63, 3.8) is 0 Å². The molecule has 8 heavy (non-hydrogen) atoms. The zero-order valence-electron chi connectivity index (χ0n) is 4.50. The van der Waals surface area contributed by atoms with Crippen LogP contribution in [0.25, 0.3) is 0 Å². The van der Waals surface area contributed by atoms with Crippen LogP contribution in [-0.2, 0) is 6.42 Å². The Morgan fingerprint density at radius 2 is 2.62 bits per heavy atom. The summed E-state index contributed by atoms with van der Waals surface area (Å²) < 4.78 is 4.70. The molecule has 1 aromatic rings. The molecule has 0 saturated heterocycles. The molecule has 1 aromatic heterocycles. The Kier molecular flexibility index (Phi) is 1.64. The van der Waals surface area contributed by atoms with Crippen molar-refractivity contribution < 1.29 is 4.42 Å². The van der Waals surface area contributed by atoms with Crippen LogP contribution >= 0.6 is 0 Å². The smallest absolute Gasteiger partial charge is 0.180 e. The Morgan fingerprint density at radius 1 is 1.75 bits per heavy atom. The molecule has 0 atom stereocenters. The molecule has 0 aliphatic heterocycles. The summed E-state index contributed by atoms with van der Waals surface area (Å²) in [6.45, 7) is 0.631. The molecule has 0 aliphatic rings. The van der Waals surface area contributed by atoms with Gasteiger partial charge in [0.25, 0.3) is 0 Å². The lowest BCUT2D eigenvalue weighted by Crippen LogP contribution is -2.02. The summed E-state index contributed by atoms with van der Waals surface area (Å²) >= 11 is 0. The predicted octanol–water partition coefficient (Wildman–Crippen LogP) is 0.176. The highest BCUT2D eigenvalue weighted by Gasteiger charge is 1.89. The number of hydrogen-bond acceptors (Lipinski definition) is 3. The van der Waals surface area contributed by atoms with Crippen molar-refractivity contribution in [3.8, 4) is 0 Å². The Morgan fingerprint density at radius 3 is 3.12 bits per heavy atom. The monoisotopic (exact) mass is 112 g/mol. The van der Waals surface area contributed by atoms with Gasteiger partial charge in [-0.15, -0.1) is 0 Å². The van der Waals surface area contributed by atoms with E-state index in [4.69, 9.17) is 10.2 Å². The fraction of sp³-hybridized carbons (Fsp3) is 0.400. The highest BCUT2D eigenvalue weighted by Crippen LogP contribution is 1.92. The van der Waals surface area contributed by atoms with Gasteiger partial charge in [0.2, 0.25) is 0 Å². The first-order valence-corrected chi connectivity index (χ1v) is 2.50.